The van der Waals surface area contributed by atoms with Crippen molar-refractivity contribution in [1.82, 2.24) is 0 Å². The Kier molecular flexibility index (Phi) is 6.30. The predicted molar refractivity (Wildman–Crippen MR) is 64.4 cm³/mol. The van der Waals surface area contributed by atoms with Crippen molar-refractivity contribution in [2.75, 3.05) is 0 Å². The van der Waals surface area contributed by atoms with E-state index in [0.29, 0.717) is 37.5 Å². The van der Waals surface area contributed by atoms with Gasteiger partial charge in [-0.1, -0.05) is 13.8 Å². The zero-order valence-corrected chi connectivity index (χ0v) is 10.5. The van der Waals surface area contributed by atoms with E-state index in [1.54, 1.807) is 0 Å². The van der Waals surface area contributed by atoms with E-state index in [0.717, 1.165) is 12.8 Å². The smallest absolute Gasteiger partial charge is 0.100 e. The molecule has 0 bridgehead atoms. The monoisotopic (exact) mass is 230 g/mol. The van der Waals surface area contributed by atoms with Crippen molar-refractivity contribution in [3.63, 3.8) is 0 Å². The molecule has 0 nitrogen and oxygen atoms in total. The standard InChI is InChI=1S/C14H24F2/c1-3-13(15)9-11-5-7-12(8-6-11)10-14(16)4-2/h5,8,11-14H,3-4,6-7,9-10H2,1-2H3. The Bertz CT molecular complexity index is 154. The Balaban J connectivity index is 2.18. The fourth-order valence-electron chi connectivity index (χ4n) is 2.30. The van der Waals surface area contributed by atoms with Crippen LogP contribution in [0.15, 0.2) is 0 Å². The van der Waals surface area contributed by atoms with Gasteiger partial charge in [0.15, 0.2) is 0 Å². The molecule has 94 valence electrons. The third-order valence-corrected chi connectivity index (χ3v) is 3.55. The molecule has 1 fully saturated rings. The molecule has 16 heavy (non-hydrogen) atoms. The van der Waals surface area contributed by atoms with Gasteiger partial charge in [-0.2, -0.15) is 0 Å². The summed E-state index contributed by atoms with van der Waals surface area (Å²) in [5.41, 5.74) is 0. The maximum absolute atomic E-state index is 13.2. The molecule has 0 aromatic heterocycles. The van der Waals surface area contributed by atoms with Crippen LogP contribution in [-0.4, -0.2) is 12.3 Å². The summed E-state index contributed by atoms with van der Waals surface area (Å²) in [6.07, 6.45) is 7.44. The van der Waals surface area contributed by atoms with Crippen LogP contribution in [0.4, 0.5) is 8.78 Å². The van der Waals surface area contributed by atoms with Crippen LogP contribution in [0.1, 0.15) is 52.4 Å². The van der Waals surface area contributed by atoms with Gasteiger partial charge in [0.25, 0.3) is 0 Å². The first kappa shape index (κ1) is 13.9. The quantitative estimate of drug-likeness (QED) is 0.620. The molecule has 0 aromatic rings. The lowest BCUT2D eigenvalue weighted by Gasteiger charge is -2.29. The van der Waals surface area contributed by atoms with Crippen molar-refractivity contribution in [3.8, 4) is 0 Å². The van der Waals surface area contributed by atoms with E-state index in [1.807, 2.05) is 13.8 Å². The molecule has 0 spiro atoms. The van der Waals surface area contributed by atoms with Crippen molar-refractivity contribution in [2.45, 2.75) is 64.7 Å². The van der Waals surface area contributed by atoms with Crippen molar-refractivity contribution in [2.24, 2.45) is 11.8 Å². The number of alkyl halides is 2. The van der Waals surface area contributed by atoms with Crippen molar-refractivity contribution in [3.05, 3.63) is 12.8 Å². The molecule has 1 saturated carbocycles. The van der Waals surface area contributed by atoms with Gasteiger partial charge in [0.2, 0.25) is 0 Å². The molecule has 0 amide bonds. The number of rotatable bonds is 6. The van der Waals surface area contributed by atoms with Gasteiger partial charge in [0, 0.05) is 0 Å². The van der Waals surface area contributed by atoms with E-state index in [9.17, 15) is 8.78 Å². The van der Waals surface area contributed by atoms with Crippen LogP contribution in [0.5, 0.6) is 0 Å². The molecule has 4 unspecified atom stereocenters. The second-order valence-corrected chi connectivity index (χ2v) is 4.95. The Labute approximate surface area is 98.8 Å². The first-order valence-corrected chi connectivity index (χ1v) is 6.60. The maximum Gasteiger partial charge on any atom is 0.100 e. The third-order valence-electron chi connectivity index (χ3n) is 3.55. The summed E-state index contributed by atoms with van der Waals surface area (Å²) in [6.45, 7) is 3.77. The van der Waals surface area contributed by atoms with E-state index in [4.69, 9.17) is 0 Å². The average Bonchev–Trinajstić information content (AvgIpc) is 2.31. The molecule has 2 heteroatoms. The lowest BCUT2D eigenvalue weighted by molar-refractivity contribution is 0.231. The molecule has 1 rings (SSSR count). The summed E-state index contributed by atoms with van der Waals surface area (Å²) in [5.74, 6) is 0.761. The van der Waals surface area contributed by atoms with Gasteiger partial charge in [-0.3, -0.25) is 0 Å². The SMILES string of the molecule is CCC(F)CC1[CH]CC(CC(F)CC)[CH]C1. The van der Waals surface area contributed by atoms with E-state index in [2.05, 4.69) is 12.8 Å². The van der Waals surface area contributed by atoms with Gasteiger partial charge in [-0.15, -0.1) is 0 Å². The van der Waals surface area contributed by atoms with Crippen LogP contribution >= 0.6 is 0 Å². The summed E-state index contributed by atoms with van der Waals surface area (Å²) < 4.78 is 26.4. The highest BCUT2D eigenvalue weighted by Gasteiger charge is 2.25. The molecular formula is C14H24F2. The summed E-state index contributed by atoms with van der Waals surface area (Å²) in [5, 5.41) is 0. The highest BCUT2D eigenvalue weighted by atomic mass is 19.1. The molecule has 0 aromatic carbocycles. The lowest BCUT2D eigenvalue weighted by Crippen LogP contribution is -2.21. The van der Waals surface area contributed by atoms with Gasteiger partial charge in [-0.25, -0.2) is 8.78 Å². The number of halogens is 2. The van der Waals surface area contributed by atoms with E-state index < -0.39 is 12.3 Å². The second-order valence-electron chi connectivity index (χ2n) is 4.95. The minimum atomic E-state index is -0.671. The van der Waals surface area contributed by atoms with E-state index >= 15 is 0 Å². The van der Waals surface area contributed by atoms with Crippen LogP contribution in [0.2, 0.25) is 0 Å². The van der Waals surface area contributed by atoms with Gasteiger partial charge in [0.1, 0.15) is 12.3 Å². The van der Waals surface area contributed by atoms with Gasteiger partial charge in [-0.05, 0) is 63.2 Å². The molecular weight excluding hydrogens is 206 g/mol. The van der Waals surface area contributed by atoms with Crippen LogP contribution in [0, 0.1) is 24.7 Å². The fraction of sp³-hybridized carbons (Fsp3) is 0.857. The molecule has 0 N–H and O–H groups in total. The Morgan fingerprint density at radius 3 is 1.56 bits per heavy atom. The van der Waals surface area contributed by atoms with Crippen molar-refractivity contribution in [1.29, 1.82) is 0 Å². The minimum Gasteiger partial charge on any atom is -0.247 e. The molecule has 2 radical (unpaired) electrons. The molecule has 0 saturated heterocycles. The molecule has 1 aliphatic rings. The third kappa shape index (κ3) is 4.80. The van der Waals surface area contributed by atoms with E-state index in [1.165, 1.54) is 0 Å². The van der Waals surface area contributed by atoms with Gasteiger partial charge in [0.05, 0.1) is 0 Å². The lowest BCUT2D eigenvalue weighted by atomic mass is 9.77. The molecule has 4 atom stereocenters. The number of hydrogen-bond acceptors (Lipinski definition) is 0. The Morgan fingerprint density at radius 1 is 0.938 bits per heavy atom. The highest BCUT2D eigenvalue weighted by molar-refractivity contribution is 4.95. The first-order valence-electron chi connectivity index (χ1n) is 6.60. The van der Waals surface area contributed by atoms with Crippen molar-refractivity contribution < 1.29 is 8.78 Å². The normalized spacial score (nSPS) is 30.0. The summed E-state index contributed by atoms with van der Waals surface area (Å²) in [7, 11) is 0. The zero-order valence-electron chi connectivity index (χ0n) is 10.5. The number of hydrogen-bond donors (Lipinski definition) is 0. The zero-order chi connectivity index (χ0) is 12.0. The van der Waals surface area contributed by atoms with Crippen molar-refractivity contribution >= 4 is 0 Å². The topological polar surface area (TPSA) is 0 Å². The summed E-state index contributed by atoms with van der Waals surface area (Å²) in [6, 6.07) is 0. The first-order chi connectivity index (χ1) is 7.65. The van der Waals surface area contributed by atoms with Gasteiger partial charge < -0.3 is 0 Å². The molecule has 0 aliphatic heterocycles. The second kappa shape index (κ2) is 7.24. The predicted octanol–water partition coefficient (Wildman–Crippen LogP) is 4.70. The summed E-state index contributed by atoms with van der Waals surface area (Å²) in [4.78, 5) is 0. The summed E-state index contributed by atoms with van der Waals surface area (Å²) >= 11 is 0. The van der Waals surface area contributed by atoms with Crippen LogP contribution in [0.3, 0.4) is 0 Å². The van der Waals surface area contributed by atoms with Gasteiger partial charge >= 0.3 is 0 Å². The Morgan fingerprint density at radius 2 is 1.31 bits per heavy atom. The minimum absolute atomic E-state index is 0.380. The molecule has 0 heterocycles. The van der Waals surface area contributed by atoms with Crippen LogP contribution < -0.4 is 0 Å². The maximum atomic E-state index is 13.2. The average molecular weight is 230 g/mol. The van der Waals surface area contributed by atoms with E-state index in [-0.39, 0.29) is 0 Å². The van der Waals surface area contributed by atoms with Crippen LogP contribution in [-0.2, 0) is 0 Å². The Hall–Kier alpha value is -0.140. The fourth-order valence-corrected chi connectivity index (χ4v) is 2.30. The van der Waals surface area contributed by atoms with Crippen LogP contribution in [0.25, 0.3) is 0 Å². The molecule has 1 aliphatic carbocycles. The highest BCUT2D eigenvalue weighted by Crippen LogP contribution is 2.33. The largest absolute Gasteiger partial charge is 0.247 e.